The van der Waals surface area contributed by atoms with Crippen LogP contribution in [0.1, 0.15) is 12.5 Å². The molecule has 0 aliphatic carbocycles. The Morgan fingerprint density at radius 1 is 1.32 bits per heavy atom. The highest BCUT2D eigenvalue weighted by atomic mass is 16.6. The molecule has 1 saturated heterocycles. The van der Waals surface area contributed by atoms with E-state index in [0.717, 1.165) is 5.56 Å². The van der Waals surface area contributed by atoms with Crippen LogP contribution in [0.25, 0.3) is 0 Å². The van der Waals surface area contributed by atoms with Crippen molar-refractivity contribution in [2.75, 3.05) is 20.1 Å². The summed E-state index contributed by atoms with van der Waals surface area (Å²) in [7, 11) is 1.74. The first-order valence-corrected chi connectivity index (χ1v) is 6.32. The highest BCUT2D eigenvalue weighted by Crippen LogP contribution is 2.12. The van der Waals surface area contributed by atoms with Crippen LogP contribution in [0.3, 0.4) is 0 Å². The van der Waals surface area contributed by atoms with Crippen molar-refractivity contribution in [3.05, 3.63) is 35.9 Å². The molecule has 1 aromatic rings. The van der Waals surface area contributed by atoms with E-state index in [1.165, 1.54) is 4.90 Å². The summed E-state index contributed by atoms with van der Waals surface area (Å²) in [6, 6.07) is 9.03. The van der Waals surface area contributed by atoms with Crippen molar-refractivity contribution < 1.29 is 14.3 Å². The lowest BCUT2D eigenvalue weighted by molar-refractivity contribution is -0.138. The highest BCUT2D eigenvalue weighted by molar-refractivity contribution is 5.86. The standard InChI is InChI=1S/C14H18N2O3/c1-11-13(17)15(2)8-9-16(11)14(18)19-10-12-6-4-3-5-7-12/h3-7,11H,8-10H2,1-2H3. The van der Waals surface area contributed by atoms with Crippen LogP contribution in [0, 0.1) is 0 Å². The monoisotopic (exact) mass is 262 g/mol. The van der Waals surface area contributed by atoms with E-state index in [0.29, 0.717) is 13.1 Å². The van der Waals surface area contributed by atoms with Crippen LogP contribution in [-0.4, -0.2) is 48.0 Å². The van der Waals surface area contributed by atoms with Gasteiger partial charge in [0.05, 0.1) is 0 Å². The van der Waals surface area contributed by atoms with Gasteiger partial charge in [-0.15, -0.1) is 0 Å². The topological polar surface area (TPSA) is 49.9 Å². The summed E-state index contributed by atoms with van der Waals surface area (Å²) in [6.07, 6.45) is -0.433. The van der Waals surface area contributed by atoms with Crippen LogP contribution in [0.5, 0.6) is 0 Å². The van der Waals surface area contributed by atoms with Gasteiger partial charge in [-0.05, 0) is 12.5 Å². The molecule has 0 N–H and O–H groups in total. The molecule has 2 rings (SSSR count). The van der Waals surface area contributed by atoms with E-state index < -0.39 is 12.1 Å². The minimum atomic E-state index is -0.456. The van der Waals surface area contributed by atoms with E-state index in [2.05, 4.69) is 0 Å². The van der Waals surface area contributed by atoms with Gasteiger partial charge in [-0.2, -0.15) is 0 Å². The van der Waals surface area contributed by atoms with Crippen molar-refractivity contribution in [2.24, 2.45) is 0 Å². The third kappa shape index (κ3) is 3.05. The molecule has 5 heteroatoms. The molecule has 2 amide bonds. The lowest BCUT2D eigenvalue weighted by Crippen LogP contribution is -2.56. The molecule has 0 bridgehead atoms. The van der Waals surface area contributed by atoms with E-state index in [-0.39, 0.29) is 12.5 Å². The van der Waals surface area contributed by atoms with E-state index in [9.17, 15) is 9.59 Å². The number of carbonyl (C=O) groups is 2. The predicted octanol–water partition coefficient (Wildman–Crippen LogP) is 1.49. The number of amides is 2. The molecule has 1 heterocycles. The van der Waals surface area contributed by atoms with Crippen molar-refractivity contribution in [1.29, 1.82) is 0 Å². The van der Waals surface area contributed by atoms with Crippen LogP contribution < -0.4 is 0 Å². The zero-order chi connectivity index (χ0) is 13.8. The summed E-state index contributed by atoms with van der Waals surface area (Å²) in [4.78, 5) is 26.9. The molecule has 0 spiro atoms. The third-order valence-electron chi connectivity index (χ3n) is 3.32. The molecule has 1 fully saturated rings. The summed E-state index contributed by atoms with van der Waals surface area (Å²) in [5, 5.41) is 0. The Balaban J connectivity index is 1.91. The van der Waals surface area contributed by atoms with Gasteiger partial charge in [0.2, 0.25) is 5.91 Å². The summed E-state index contributed by atoms with van der Waals surface area (Å²) in [5.74, 6) is -0.0529. The molecule has 0 radical (unpaired) electrons. The van der Waals surface area contributed by atoms with E-state index in [1.807, 2.05) is 30.3 Å². The number of piperazine rings is 1. The summed E-state index contributed by atoms with van der Waals surface area (Å²) >= 11 is 0. The smallest absolute Gasteiger partial charge is 0.410 e. The van der Waals surface area contributed by atoms with Crippen LogP contribution in [-0.2, 0) is 16.1 Å². The molecule has 1 aromatic carbocycles. The van der Waals surface area contributed by atoms with E-state index in [1.54, 1.807) is 18.9 Å². The van der Waals surface area contributed by atoms with Crippen molar-refractivity contribution in [3.8, 4) is 0 Å². The highest BCUT2D eigenvalue weighted by Gasteiger charge is 2.33. The number of likely N-dealkylation sites (N-methyl/N-ethyl adjacent to an activating group) is 1. The zero-order valence-electron chi connectivity index (χ0n) is 11.2. The van der Waals surface area contributed by atoms with Gasteiger partial charge in [0, 0.05) is 20.1 Å². The first kappa shape index (κ1) is 13.4. The Morgan fingerprint density at radius 2 is 2.00 bits per heavy atom. The molecule has 102 valence electrons. The van der Waals surface area contributed by atoms with Gasteiger partial charge in [0.1, 0.15) is 12.6 Å². The fourth-order valence-corrected chi connectivity index (χ4v) is 2.07. The van der Waals surface area contributed by atoms with Gasteiger partial charge < -0.3 is 9.64 Å². The molecule has 1 atom stereocenters. The minimum Gasteiger partial charge on any atom is -0.445 e. The second-order valence-electron chi connectivity index (χ2n) is 4.67. The molecular formula is C14H18N2O3. The van der Waals surface area contributed by atoms with Gasteiger partial charge in [-0.1, -0.05) is 30.3 Å². The molecular weight excluding hydrogens is 244 g/mol. The van der Waals surface area contributed by atoms with Gasteiger partial charge in [-0.25, -0.2) is 4.79 Å². The molecule has 1 aliphatic heterocycles. The minimum absolute atomic E-state index is 0.0529. The van der Waals surface area contributed by atoms with E-state index in [4.69, 9.17) is 4.74 Å². The number of hydrogen-bond donors (Lipinski definition) is 0. The largest absolute Gasteiger partial charge is 0.445 e. The second-order valence-corrected chi connectivity index (χ2v) is 4.67. The van der Waals surface area contributed by atoms with Gasteiger partial charge in [0.15, 0.2) is 0 Å². The quantitative estimate of drug-likeness (QED) is 0.811. The molecule has 0 aromatic heterocycles. The number of benzene rings is 1. The molecule has 5 nitrogen and oxygen atoms in total. The van der Waals surface area contributed by atoms with Gasteiger partial charge in [0.25, 0.3) is 0 Å². The lowest BCUT2D eigenvalue weighted by atomic mass is 10.2. The third-order valence-corrected chi connectivity index (χ3v) is 3.32. The fourth-order valence-electron chi connectivity index (χ4n) is 2.07. The summed E-state index contributed by atoms with van der Waals surface area (Å²) < 4.78 is 5.24. The Kier molecular flexibility index (Phi) is 4.04. The van der Waals surface area contributed by atoms with E-state index >= 15 is 0 Å². The Bertz CT molecular complexity index is 461. The predicted molar refractivity (Wildman–Crippen MR) is 70.4 cm³/mol. The first-order chi connectivity index (χ1) is 9.09. The maximum atomic E-state index is 12.0. The number of carbonyl (C=O) groups excluding carboxylic acids is 2. The lowest BCUT2D eigenvalue weighted by Gasteiger charge is -2.36. The Labute approximate surface area is 112 Å². The molecule has 1 unspecified atom stereocenters. The number of nitrogens with zero attached hydrogens (tertiary/aromatic N) is 2. The van der Waals surface area contributed by atoms with Crippen molar-refractivity contribution in [2.45, 2.75) is 19.6 Å². The van der Waals surface area contributed by atoms with Crippen LogP contribution in [0.2, 0.25) is 0 Å². The summed E-state index contributed by atoms with van der Waals surface area (Å²) in [5.41, 5.74) is 0.934. The Morgan fingerprint density at radius 3 is 2.68 bits per heavy atom. The summed E-state index contributed by atoms with van der Waals surface area (Å²) in [6.45, 7) is 3.01. The number of ether oxygens (including phenoxy) is 1. The average Bonchev–Trinajstić information content (AvgIpc) is 2.43. The van der Waals surface area contributed by atoms with Crippen molar-refractivity contribution in [3.63, 3.8) is 0 Å². The number of hydrogen-bond acceptors (Lipinski definition) is 3. The zero-order valence-corrected chi connectivity index (χ0v) is 11.2. The van der Waals surface area contributed by atoms with Crippen LogP contribution in [0.4, 0.5) is 4.79 Å². The van der Waals surface area contributed by atoms with Crippen LogP contribution >= 0.6 is 0 Å². The van der Waals surface area contributed by atoms with Gasteiger partial charge >= 0.3 is 6.09 Å². The maximum Gasteiger partial charge on any atom is 0.410 e. The van der Waals surface area contributed by atoms with Crippen molar-refractivity contribution >= 4 is 12.0 Å². The Hall–Kier alpha value is -2.04. The van der Waals surface area contributed by atoms with Gasteiger partial charge in [-0.3, -0.25) is 9.69 Å². The van der Waals surface area contributed by atoms with Crippen LogP contribution in [0.15, 0.2) is 30.3 Å². The second kappa shape index (κ2) is 5.73. The van der Waals surface area contributed by atoms with Crippen molar-refractivity contribution in [1.82, 2.24) is 9.80 Å². The maximum absolute atomic E-state index is 12.0. The fraction of sp³-hybridized carbons (Fsp3) is 0.429. The molecule has 1 aliphatic rings. The molecule has 19 heavy (non-hydrogen) atoms. The molecule has 0 saturated carbocycles. The average molecular weight is 262 g/mol. The normalized spacial score (nSPS) is 19.5. The SMILES string of the molecule is CC1C(=O)N(C)CCN1C(=O)OCc1ccccc1. The number of rotatable bonds is 2. The first-order valence-electron chi connectivity index (χ1n) is 6.32.